The average Bonchev–Trinajstić information content (AvgIpc) is 3.43. The molecule has 3 aromatic rings. The van der Waals surface area contributed by atoms with Crippen LogP contribution in [0.2, 0.25) is 0 Å². The van der Waals surface area contributed by atoms with E-state index in [2.05, 4.69) is 15.5 Å². The number of carboxylic acids is 1. The summed E-state index contributed by atoms with van der Waals surface area (Å²) in [6, 6.07) is 13.2. The minimum absolute atomic E-state index is 0.172. The fourth-order valence-corrected chi connectivity index (χ4v) is 2.96. The van der Waals surface area contributed by atoms with Crippen molar-refractivity contribution in [3.05, 3.63) is 60.4 Å². The largest absolute Gasteiger partial charge is 0.496 e. The van der Waals surface area contributed by atoms with Crippen LogP contribution < -0.4 is 14.8 Å². The Morgan fingerprint density at radius 3 is 2.56 bits per heavy atom. The van der Waals surface area contributed by atoms with Gasteiger partial charge in [-0.05, 0) is 23.8 Å². The second-order valence-electron chi connectivity index (χ2n) is 6.61. The van der Waals surface area contributed by atoms with Crippen LogP contribution >= 0.6 is 0 Å². The Balaban J connectivity index is 0.000000360. The van der Waals surface area contributed by atoms with E-state index < -0.39 is 18.2 Å². The van der Waals surface area contributed by atoms with Crippen LogP contribution in [0.25, 0.3) is 11.1 Å². The molecule has 3 N–H and O–H groups in total. The molecule has 8 nitrogen and oxygen atoms in total. The Bertz CT molecular complexity index is 1080. The van der Waals surface area contributed by atoms with Gasteiger partial charge in [0.25, 0.3) is 5.91 Å². The maximum absolute atomic E-state index is 12.5. The Hall–Kier alpha value is -4.02. The lowest BCUT2D eigenvalue weighted by molar-refractivity contribution is -0.192. The number of amides is 1. The number of hydrogen-bond acceptors (Lipinski definition) is 5. The molecule has 0 saturated heterocycles. The van der Waals surface area contributed by atoms with Crippen molar-refractivity contribution in [2.75, 3.05) is 12.4 Å². The van der Waals surface area contributed by atoms with Crippen molar-refractivity contribution in [3.63, 3.8) is 0 Å². The fraction of sp³-hybridized carbons (Fsp3) is 0.190. The number of benzene rings is 2. The summed E-state index contributed by atoms with van der Waals surface area (Å²) in [7, 11) is 1.60. The van der Waals surface area contributed by atoms with Crippen LogP contribution in [0.4, 0.5) is 18.9 Å². The number of H-pyrrole nitrogens is 1. The minimum Gasteiger partial charge on any atom is -0.496 e. The van der Waals surface area contributed by atoms with Crippen LogP contribution in [-0.4, -0.2) is 46.6 Å². The molecule has 0 radical (unpaired) electrons. The van der Waals surface area contributed by atoms with Gasteiger partial charge in [-0.3, -0.25) is 9.89 Å². The van der Waals surface area contributed by atoms with Gasteiger partial charge in [0.15, 0.2) is 6.10 Å². The van der Waals surface area contributed by atoms with Crippen molar-refractivity contribution in [2.45, 2.75) is 18.7 Å². The standard InChI is InChI=1S/C19H17N3O3.C2HF3O2/c1-24-17-9-14(6-7-15(17)13-10-20-21-11-13)22-19(23)18-8-12-4-2-3-5-16(12)25-18;3-2(4,5)1(6)7/h2-7,9-11,18H,8H2,1H3,(H,20,21)(H,22,23);(H,6,7). The van der Waals surface area contributed by atoms with Gasteiger partial charge in [-0.15, -0.1) is 0 Å². The van der Waals surface area contributed by atoms with E-state index in [1.807, 2.05) is 36.4 Å². The van der Waals surface area contributed by atoms with Crippen molar-refractivity contribution in [1.29, 1.82) is 0 Å². The first kappa shape index (κ1) is 22.7. The third-order valence-corrected chi connectivity index (χ3v) is 4.46. The Kier molecular flexibility index (Phi) is 6.67. The fourth-order valence-electron chi connectivity index (χ4n) is 2.96. The zero-order valence-corrected chi connectivity index (χ0v) is 16.6. The van der Waals surface area contributed by atoms with Crippen molar-refractivity contribution in [3.8, 4) is 22.6 Å². The number of ether oxygens (including phenoxy) is 2. The number of anilines is 1. The highest BCUT2D eigenvalue weighted by Crippen LogP contribution is 2.33. The zero-order valence-electron chi connectivity index (χ0n) is 16.6. The summed E-state index contributed by atoms with van der Waals surface area (Å²) in [4.78, 5) is 21.4. The molecule has 4 rings (SSSR count). The minimum atomic E-state index is -5.08. The van der Waals surface area contributed by atoms with E-state index in [9.17, 15) is 18.0 Å². The van der Waals surface area contributed by atoms with Crippen molar-refractivity contribution >= 4 is 17.6 Å². The number of aromatic nitrogens is 2. The van der Waals surface area contributed by atoms with Gasteiger partial charge in [0, 0.05) is 35.5 Å². The number of hydrogen-bond donors (Lipinski definition) is 3. The van der Waals surface area contributed by atoms with Crippen LogP contribution in [0.15, 0.2) is 54.9 Å². The molecular formula is C21H18F3N3O5. The maximum Gasteiger partial charge on any atom is 0.490 e. The van der Waals surface area contributed by atoms with E-state index in [0.717, 1.165) is 22.4 Å². The molecule has 1 atom stereocenters. The quantitative estimate of drug-likeness (QED) is 0.560. The van der Waals surface area contributed by atoms with E-state index in [1.165, 1.54) is 0 Å². The summed E-state index contributed by atoms with van der Waals surface area (Å²) in [5, 5.41) is 16.8. The first-order valence-corrected chi connectivity index (χ1v) is 9.21. The molecule has 1 amide bonds. The first-order valence-electron chi connectivity index (χ1n) is 9.21. The summed E-state index contributed by atoms with van der Waals surface area (Å²) >= 11 is 0. The number of alkyl halides is 3. The first-order chi connectivity index (χ1) is 15.2. The number of halogens is 3. The summed E-state index contributed by atoms with van der Waals surface area (Å²) in [6.07, 6.45) is -1.51. The van der Waals surface area contributed by atoms with Crippen LogP contribution in [0.1, 0.15) is 5.56 Å². The maximum atomic E-state index is 12.5. The number of fused-ring (bicyclic) bond motifs is 1. The summed E-state index contributed by atoms with van der Waals surface area (Å²) in [5.41, 5.74) is 3.53. The monoisotopic (exact) mass is 449 g/mol. The summed E-state index contributed by atoms with van der Waals surface area (Å²) in [5.74, 6) is -1.49. The second-order valence-corrected chi connectivity index (χ2v) is 6.61. The van der Waals surface area contributed by atoms with Crippen LogP contribution in [0.5, 0.6) is 11.5 Å². The van der Waals surface area contributed by atoms with Gasteiger partial charge >= 0.3 is 12.1 Å². The molecule has 168 valence electrons. The highest BCUT2D eigenvalue weighted by atomic mass is 19.4. The highest BCUT2D eigenvalue weighted by Gasteiger charge is 2.38. The van der Waals surface area contributed by atoms with E-state index in [1.54, 1.807) is 25.6 Å². The van der Waals surface area contributed by atoms with E-state index in [0.29, 0.717) is 17.9 Å². The Labute approximate surface area is 180 Å². The summed E-state index contributed by atoms with van der Waals surface area (Å²) in [6.45, 7) is 0. The molecule has 0 bridgehead atoms. The molecule has 1 aromatic heterocycles. The number of aromatic amines is 1. The van der Waals surface area contributed by atoms with Gasteiger partial charge < -0.3 is 19.9 Å². The topological polar surface area (TPSA) is 114 Å². The SMILES string of the molecule is COc1cc(NC(=O)C2Cc3ccccc3O2)ccc1-c1cn[nH]c1.O=C(O)C(F)(F)F. The zero-order chi connectivity index (χ0) is 23.3. The lowest BCUT2D eigenvalue weighted by Crippen LogP contribution is -2.31. The van der Waals surface area contributed by atoms with E-state index in [4.69, 9.17) is 19.4 Å². The molecule has 11 heteroatoms. The number of aliphatic carboxylic acids is 1. The normalized spacial score (nSPS) is 14.4. The number of carbonyl (C=O) groups is 2. The highest BCUT2D eigenvalue weighted by molar-refractivity contribution is 5.95. The molecule has 0 spiro atoms. The third-order valence-electron chi connectivity index (χ3n) is 4.46. The number of rotatable bonds is 4. The molecule has 1 aliphatic heterocycles. The Morgan fingerprint density at radius 2 is 1.97 bits per heavy atom. The predicted molar refractivity (Wildman–Crippen MR) is 107 cm³/mol. The molecule has 2 aromatic carbocycles. The van der Waals surface area contributed by atoms with Crippen LogP contribution in [0.3, 0.4) is 0 Å². The molecule has 0 aliphatic carbocycles. The number of methoxy groups -OCH3 is 1. The number of carboxylic acid groups (broad SMARTS) is 1. The lowest BCUT2D eigenvalue weighted by Gasteiger charge is -2.13. The lowest BCUT2D eigenvalue weighted by atomic mass is 10.1. The van der Waals surface area contributed by atoms with E-state index >= 15 is 0 Å². The summed E-state index contributed by atoms with van der Waals surface area (Å²) < 4.78 is 42.9. The van der Waals surface area contributed by atoms with Crippen molar-refractivity contribution < 1.29 is 37.3 Å². The van der Waals surface area contributed by atoms with Gasteiger partial charge in [-0.1, -0.05) is 18.2 Å². The van der Waals surface area contributed by atoms with Crippen LogP contribution in [0, 0.1) is 0 Å². The third kappa shape index (κ3) is 5.36. The molecule has 0 fully saturated rings. The van der Waals surface area contributed by atoms with E-state index in [-0.39, 0.29) is 5.91 Å². The number of para-hydroxylation sites is 1. The molecule has 2 heterocycles. The number of nitrogens with one attached hydrogen (secondary N) is 2. The molecule has 1 unspecified atom stereocenters. The predicted octanol–water partition coefficient (Wildman–Crippen LogP) is 3.66. The molecule has 0 saturated carbocycles. The molecule has 32 heavy (non-hydrogen) atoms. The van der Waals surface area contributed by atoms with Gasteiger partial charge in [0.2, 0.25) is 0 Å². The smallest absolute Gasteiger partial charge is 0.490 e. The van der Waals surface area contributed by atoms with Gasteiger partial charge in [0.1, 0.15) is 11.5 Å². The molecule has 1 aliphatic rings. The number of carbonyl (C=O) groups excluding carboxylic acids is 1. The van der Waals surface area contributed by atoms with Crippen molar-refractivity contribution in [1.82, 2.24) is 10.2 Å². The van der Waals surface area contributed by atoms with Crippen molar-refractivity contribution in [2.24, 2.45) is 0 Å². The van der Waals surface area contributed by atoms with Gasteiger partial charge in [-0.2, -0.15) is 18.3 Å². The van der Waals surface area contributed by atoms with Gasteiger partial charge in [-0.25, -0.2) is 4.79 Å². The number of nitrogens with zero attached hydrogens (tertiary/aromatic N) is 1. The Morgan fingerprint density at radius 1 is 1.25 bits per heavy atom. The van der Waals surface area contributed by atoms with Gasteiger partial charge in [0.05, 0.1) is 13.3 Å². The van der Waals surface area contributed by atoms with Crippen LogP contribution in [-0.2, 0) is 16.0 Å². The second kappa shape index (κ2) is 9.41. The molecular weight excluding hydrogens is 431 g/mol. The average molecular weight is 449 g/mol.